The van der Waals surface area contributed by atoms with Gasteiger partial charge in [0.15, 0.2) is 0 Å². The van der Waals surface area contributed by atoms with E-state index in [-0.39, 0.29) is 11.6 Å². The lowest BCUT2D eigenvalue weighted by Crippen LogP contribution is -2.39. The number of aliphatic imine (C=N–C) groups is 1. The minimum atomic E-state index is -4.47. The Bertz CT molecular complexity index is 914. The summed E-state index contributed by atoms with van der Waals surface area (Å²) in [5, 5.41) is 5.90. The summed E-state index contributed by atoms with van der Waals surface area (Å²) in [6.07, 6.45) is -4.47. The van der Waals surface area contributed by atoms with Gasteiger partial charge in [0.05, 0.1) is 25.3 Å². The summed E-state index contributed by atoms with van der Waals surface area (Å²) in [7, 11) is 0. The second-order valence-corrected chi connectivity index (χ2v) is 7.29. The topological polar surface area (TPSA) is 66.0 Å². The van der Waals surface area contributed by atoms with Crippen molar-refractivity contribution < 1.29 is 22.7 Å². The van der Waals surface area contributed by atoms with Gasteiger partial charge in [-0.2, -0.15) is 13.2 Å². The van der Waals surface area contributed by atoms with Gasteiger partial charge in [-0.3, -0.25) is 20.0 Å². The zero-order valence-electron chi connectivity index (χ0n) is 16.6. The highest BCUT2D eigenvalue weighted by Crippen LogP contribution is 2.30. The van der Waals surface area contributed by atoms with Crippen LogP contribution in [-0.4, -0.2) is 56.2 Å². The number of hydrogen-bond acceptors (Lipinski definition) is 4. The van der Waals surface area contributed by atoms with Gasteiger partial charge in [-0.05, 0) is 42.5 Å². The van der Waals surface area contributed by atoms with Crippen molar-refractivity contribution >= 4 is 29.2 Å². The summed E-state index contributed by atoms with van der Waals surface area (Å²) in [4.78, 5) is 19.1. The molecule has 0 spiro atoms. The predicted octanol–water partition coefficient (Wildman–Crippen LogP) is 3.89. The predicted molar refractivity (Wildman–Crippen MR) is 114 cm³/mol. The molecule has 166 valence electrons. The molecule has 2 N–H and O–H groups in total. The Morgan fingerprint density at radius 2 is 1.84 bits per heavy atom. The average molecular weight is 455 g/mol. The smallest absolute Gasteiger partial charge is 0.379 e. The maximum atomic E-state index is 13.0. The minimum absolute atomic E-state index is 0.0625. The number of benzene rings is 2. The first-order valence-corrected chi connectivity index (χ1v) is 10.0. The number of nitrogens with zero attached hydrogens (tertiary/aromatic N) is 2. The molecule has 1 aliphatic heterocycles. The van der Waals surface area contributed by atoms with E-state index >= 15 is 0 Å². The highest BCUT2D eigenvalue weighted by molar-refractivity contribution is 6.30. The Hall–Kier alpha value is -2.62. The van der Waals surface area contributed by atoms with Crippen LogP contribution < -0.4 is 10.6 Å². The molecule has 2 aromatic carbocycles. The van der Waals surface area contributed by atoms with Crippen LogP contribution in [0.25, 0.3) is 0 Å². The Kier molecular flexibility index (Phi) is 7.89. The number of alkyl halides is 3. The molecule has 3 rings (SSSR count). The third-order valence-electron chi connectivity index (χ3n) is 4.58. The van der Waals surface area contributed by atoms with Crippen LogP contribution in [0, 0.1) is 0 Å². The van der Waals surface area contributed by atoms with E-state index in [1.165, 1.54) is 12.1 Å². The molecule has 6 nitrogen and oxygen atoms in total. The number of morpholine rings is 1. The van der Waals surface area contributed by atoms with Crippen LogP contribution in [0.1, 0.15) is 15.9 Å². The fraction of sp³-hybridized carbons (Fsp3) is 0.333. The van der Waals surface area contributed by atoms with Crippen LogP contribution in [0.3, 0.4) is 0 Å². The zero-order chi connectivity index (χ0) is 22.3. The van der Waals surface area contributed by atoms with E-state index in [0.717, 1.165) is 25.2 Å². The number of ether oxygens (including phenoxy) is 1. The molecule has 0 aromatic heterocycles. The monoisotopic (exact) mass is 454 g/mol. The van der Waals surface area contributed by atoms with E-state index in [4.69, 9.17) is 16.3 Å². The Balaban J connectivity index is 1.73. The molecule has 1 saturated heterocycles. The lowest BCUT2D eigenvalue weighted by atomic mass is 10.2. The Morgan fingerprint density at radius 1 is 1.13 bits per heavy atom. The highest BCUT2D eigenvalue weighted by Gasteiger charge is 2.30. The lowest BCUT2D eigenvalue weighted by molar-refractivity contribution is -0.137. The van der Waals surface area contributed by atoms with E-state index in [9.17, 15) is 18.0 Å². The van der Waals surface area contributed by atoms with E-state index in [1.54, 1.807) is 24.3 Å². The van der Waals surface area contributed by atoms with Crippen molar-refractivity contribution in [2.24, 2.45) is 4.99 Å². The van der Waals surface area contributed by atoms with Gasteiger partial charge in [0, 0.05) is 35.9 Å². The number of anilines is 1. The maximum absolute atomic E-state index is 13.0. The van der Waals surface area contributed by atoms with Crippen molar-refractivity contribution in [3.8, 4) is 0 Å². The van der Waals surface area contributed by atoms with Gasteiger partial charge < -0.3 is 10.1 Å². The van der Waals surface area contributed by atoms with Crippen LogP contribution in [0.15, 0.2) is 53.5 Å². The standard InChI is InChI=1S/C21H22ClF3N4O2/c22-17-6-4-15(5-7-17)19(30)28-20(26-8-9-29-10-12-31-13-11-29)27-18-3-1-2-16(14-18)21(23,24)25/h1-7,14H,8-13H2,(H2,26,27,28,30). The molecular weight excluding hydrogens is 433 g/mol. The van der Waals surface area contributed by atoms with Crippen molar-refractivity contribution in [1.82, 2.24) is 10.2 Å². The number of halogens is 4. The SMILES string of the molecule is O=C(NC(=NCCN1CCOCC1)Nc1cccc(C(F)(F)F)c1)c1ccc(Cl)cc1. The summed E-state index contributed by atoms with van der Waals surface area (Å²) in [6, 6.07) is 11.0. The molecule has 1 amide bonds. The number of nitrogens with one attached hydrogen (secondary N) is 2. The fourth-order valence-corrected chi connectivity index (χ4v) is 3.06. The quantitative estimate of drug-likeness (QED) is 0.531. The van der Waals surface area contributed by atoms with Gasteiger partial charge in [-0.15, -0.1) is 0 Å². The molecule has 0 bridgehead atoms. The molecule has 0 radical (unpaired) electrons. The van der Waals surface area contributed by atoms with Crippen molar-refractivity contribution in [2.45, 2.75) is 6.18 Å². The van der Waals surface area contributed by atoms with Gasteiger partial charge in [-0.1, -0.05) is 17.7 Å². The van der Waals surface area contributed by atoms with Gasteiger partial charge in [0.25, 0.3) is 5.91 Å². The van der Waals surface area contributed by atoms with Crippen molar-refractivity contribution in [2.75, 3.05) is 44.7 Å². The molecule has 1 fully saturated rings. The van der Waals surface area contributed by atoms with Gasteiger partial charge in [0.1, 0.15) is 0 Å². The van der Waals surface area contributed by atoms with Crippen molar-refractivity contribution in [3.05, 3.63) is 64.7 Å². The summed E-state index contributed by atoms with van der Waals surface area (Å²) in [5.74, 6) is -0.395. The molecule has 31 heavy (non-hydrogen) atoms. The molecule has 10 heteroatoms. The van der Waals surface area contributed by atoms with Crippen LogP contribution >= 0.6 is 11.6 Å². The van der Waals surface area contributed by atoms with Crippen LogP contribution in [-0.2, 0) is 10.9 Å². The third-order valence-corrected chi connectivity index (χ3v) is 4.83. The number of hydrogen-bond donors (Lipinski definition) is 2. The van der Waals surface area contributed by atoms with Crippen molar-refractivity contribution in [3.63, 3.8) is 0 Å². The summed E-state index contributed by atoms with van der Waals surface area (Å²) in [6.45, 7) is 3.83. The second-order valence-electron chi connectivity index (χ2n) is 6.85. The fourth-order valence-electron chi connectivity index (χ4n) is 2.93. The Labute approximate surface area is 183 Å². The van der Waals surface area contributed by atoms with Gasteiger partial charge >= 0.3 is 6.18 Å². The summed E-state index contributed by atoms with van der Waals surface area (Å²) >= 11 is 5.85. The average Bonchev–Trinajstić information content (AvgIpc) is 2.74. The number of rotatable bonds is 5. The Morgan fingerprint density at radius 3 is 2.52 bits per heavy atom. The third kappa shape index (κ3) is 7.23. The molecule has 0 saturated carbocycles. The molecule has 1 heterocycles. The second kappa shape index (κ2) is 10.6. The molecule has 2 aromatic rings. The highest BCUT2D eigenvalue weighted by atomic mass is 35.5. The number of carbonyl (C=O) groups is 1. The lowest BCUT2D eigenvalue weighted by Gasteiger charge is -2.25. The first kappa shape index (κ1) is 23.1. The van der Waals surface area contributed by atoms with Gasteiger partial charge in [0.2, 0.25) is 5.96 Å². The van der Waals surface area contributed by atoms with Crippen molar-refractivity contribution in [1.29, 1.82) is 0 Å². The summed E-state index contributed by atoms with van der Waals surface area (Å²) < 4.78 is 44.4. The van der Waals surface area contributed by atoms with E-state index in [1.807, 2.05) is 0 Å². The van der Waals surface area contributed by atoms with E-state index in [0.29, 0.717) is 36.9 Å². The normalized spacial score (nSPS) is 15.5. The zero-order valence-corrected chi connectivity index (χ0v) is 17.3. The number of amides is 1. The number of carbonyl (C=O) groups excluding carboxylic acids is 1. The molecule has 0 atom stereocenters. The molecule has 0 unspecified atom stereocenters. The first-order chi connectivity index (χ1) is 14.8. The molecule has 1 aliphatic rings. The van der Waals surface area contributed by atoms with Crippen LogP contribution in [0.2, 0.25) is 5.02 Å². The maximum Gasteiger partial charge on any atom is 0.416 e. The van der Waals surface area contributed by atoms with Gasteiger partial charge in [-0.25, -0.2) is 0 Å². The largest absolute Gasteiger partial charge is 0.416 e. The van der Waals surface area contributed by atoms with E-state index in [2.05, 4.69) is 20.5 Å². The van der Waals surface area contributed by atoms with Crippen LogP contribution in [0.4, 0.5) is 18.9 Å². The summed E-state index contributed by atoms with van der Waals surface area (Å²) in [5.41, 5.74) is -0.290. The minimum Gasteiger partial charge on any atom is -0.379 e. The van der Waals surface area contributed by atoms with Crippen LogP contribution in [0.5, 0.6) is 0 Å². The molecule has 0 aliphatic carbocycles. The first-order valence-electron chi connectivity index (χ1n) is 9.67. The number of guanidine groups is 1. The van der Waals surface area contributed by atoms with E-state index < -0.39 is 17.6 Å². The molecular formula is C21H22ClF3N4O2.